The van der Waals surface area contributed by atoms with Gasteiger partial charge in [-0.15, -0.1) is 0 Å². The van der Waals surface area contributed by atoms with Crippen LogP contribution in [0.4, 0.5) is 0 Å². The summed E-state index contributed by atoms with van der Waals surface area (Å²) in [6.45, 7) is -10.7. The first-order valence-corrected chi connectivity index (χ1v) is 10.0. The average molecular weight is 536 g/mol. The molecular weight excluding hydrogens is 464 g/mol. The Morgan fingerprint density at radius 1 is 0.657 bits per heavy atom. The van der Waals surface area contributed by atoms with Crippen LogP contribution >= 0.6 is 0 Å². The molecule has 0 aromatic heterocycles. The van der Waals surface area contributed by atoms with Gasteiger partial charge in [-0.25, -0.2) is 0 Å². The van der Waals surface area contributed by atoms with Crippen LogP contribution in [0.3, 0.4) is 0 Å². The zero-order chi connectivity index (χ0) is 48.0. The highest BCUT2D eigenvalue weighted by molar-refractivity contribution is 4.94. The van der Waals surface area contributed by atoms with Crippen molar-refractivity contribution in [1.82, 2.24) is 0 Å². The van der Waals surface area contributed by atoms with Crippen LogP contribution in [0.5, 0.6) is 0 Å². The molecule has 7 N–H and O–H groups in total. The number of aliphatic hydroxyl groups excluding tert-OH is 7. The summed E-state index contributed by atoms with van der Waals surface area (Å²) in [6, 6.07) is 0. The fourth-order valence-electron chi connectivity index (χ4n) is 3.02. The Hall–Kier alpha value is -0.440. The molecule has 0 bridgehead atoms. The minimum Gasteiger partial charge on any atom is -0.394 e. The van der Waals surface area contributed by atoms with Crippen LogP contribution in [0.1, 0.15) is 105 Å². The van der Waals surface area contributed by atoms with Gasteiger partial charge in [0.1, 0.15) is 48.8 Å². The second-order valence-corrected chi connectivity index (χ2v) is 6.97. The van der Waals surface area contributed by atoms with Crippen molar-refractivity contribution < 1.29 is 89.0 Å². The molecule has 0 amide bonds. The van der Waals surface area contributed by atoms with E-state index in [0.717, 1.165) is 0 Å². The first-order valence-electron chi connectivity index (χ1n) is 22.5. The summed E-state index contributed by atoms with van der Waals surface area (Å²) >= 11 is 0. The molecule has 11 nitrogen and oxygen atoms in total. The minimum absolute atomic E-state index is 0.947. The lowest BCUT2D eigenvalue weighted by atomic mass is 9.97. The van der Waals surface area contributed by atoms with Crippen LogP contribution < -0.4 is 0 Å². The predicted molar refractivity (Wildman–Crippen MR) is 124 cm³/mol. The van der Waals surface area contributed by atoms with E-state index in [1.54, 1.807) is 0 Å². The van der Waals surface area contributed by atoms with Gasteiger partial charge in [0.15, 0.2) is 12.6 Å². The van der Waals surface area contributed by atoms with Crippen molar-refractivity contribution in [2.75, 3.05) is 19.8 Å². The van der Waals surface area contributed by atoms with Crippen molar-refractivity contribution in [2.45, 2.75) is 132 Å². The Balaban J connectivity index is 2.55. The standard InChI is InChI=1S/C24H46O11/c1-2-3-4-5-6-7-8-9-10-11-12-32-23-21(31)19(29)22(16(14-26)34-23)35-24-20(30)18(28)17(27)15(13-25)33-24/h15-31H,2-14H2,1H3/t15-,16-,17-,18+,19-,20-,21-,22-,23-,24-/m1/s1/i1D3,2D2,3D2,4D2,5D2,6D2,7D2,8D2,9D2,10D2,11D2,12D2. The van der Waals surface area contributed by atoms with Gasteiger partial charge in [0.05, 0.1) is 16.0 Å². The molecule has 0 spiro atoms. The second-order valence-electron chi connectivity index (χ2n) is 6.97. The van der Waals surface area contributed by atoms with Gasteiger partial charge >= 0.3 is 0 Å². The van der Waals surface area contributed by atoms with Crippen LogP contribution in [0.2, 0.25) is 0 Å². The molecule has 35 heavy (non-hydrogen) atoms. The summed E-state index contributed by atoms with van der Waals surface area (Å²) in [7, 11) is 0. The minimum atomic E-state index is -5.03. The number of hydrogen-bond donors (Lipinski definition) is 7. The number of aliphatic hydroxyl groups is 7. The van der Waals surface area contributed by atoms with Gasteiger partial charge in [0.25, 0.3) is 0 Å². The fraction of sp³-hybridized carbons (Fsp3) is 1.00. The summed E-state index contributed by atoms with van der Waals surface area (Å²) in [5.41, 5.74) is 0. The lowest BCUT2D eigenvalue weighted by Gasteiger charge is -2.45. The summed E-state index contributed by atoms with van der Waals surface area (Å²) < 4.78 is 222. The van der Waals surface area contributed by atoms with Crippen LogP contribution in [-0.2, 0) is 18.9 Å². The molecule has 0 aromatic carbocycles. The number of hydrogen-bond acceptors (Lipinski definition) is 11. The Bertz CT molecular complexity index is 1490. The quantitative estimate of drug-likeness (QED) is 0.136. The van der Waals surface area contributed by atoms with E-state index in [0.29, 0.717) is 0 Å². The highest BCUT2D eigenvalue weighted by atomic mass is 16.7. The molecule has 0 saturated carbocycles. The third-order valence-electron chi connectivity index (χ3n) is 4.75. The van der Waals surface area contributed by atoms with Gasteiger partial charge in [0, 0.05) is 38.1 Å². The Morgan fingerprint density at radius 3 is 1.80 bits per heavy atom. The van der Waals surface area contributed by atoms with E-state index >= 15 is 0 Å². The molecule has 0 radical (unpaired) electrons. The highest BCUT2D eigenvalue weighted by Crippen LogP contribution is 2.29. The maximum absolute atomic E-state index is 10.8. The van der Waals surface area contributed by atoms with E-state index in [2.05, 4.69) is 0 Å². The topological polar surface area (TPSA) is 179 Å². The van der Waals surface area contributed by atoms with Gasteiger partial charge in [-0.1, -0.05) is 64.2 Å². The third-order valence-corrected chi connectivity index (χ3v) is 4.75. The monoisotopic (exact) mass is 535 g/mol. The largest absolute Gasteiger partial charge is 0.394 e. The molecule has 2 aliphatic heterocycles. The second kappa shape index (κ2) is 16.4. The molecule has 208 valence electrons. The van der Waals surface area contributed by atoms with Crippen molar-refractivity contribution in [1.29, 1.82) is 0 Å². The zero-order valence-electron chi connectivity index (χ0n) is 43.0. The fourth-order valence-corrected chi connectivity index (χ4v) is 3.02. The van der Waals surface area contributed by atoms with Gasteiger partial charge in [0.2, 0.25) is 0 Å². The molecule has 0 unspecified atom stereocenters. The molecule has 0 aliphatic carbocycles. The first-order chi connectivity index (χ1) is 26.2. The highest BCUT2D eigenvalue weighted by Gasteiger charge is 2.50. The van der Waals surface area contributed by atoms with Crippen molar-refractivity contribution in [3.8, 4) is 0 Å². The average Bonchev–Trinajstić information content (AvgIpc) is 3.09. The zero-order valence-corrected chi connectivity index (χ0v) is 18.0. The molecule has 2 rings (SSSR count). The summed E-state index contributed by atoms with van der Waals surface area (Å²) in [6.07, 6.45) is -69.8. The smallest absolute Gasteiger partial charge is 0.187 e. The van der Waals surface area contributed by atoms with Gasteiger partial charge in [-0.3, -0.25) is 0 Å². The molecule has 0 aromatic rings. The van der Waals surface area contributed by atoms with Gasteiger partial charge < -0.3 is 54.7 Å². The lowest BCUT2D eigenvalue weighted by Crippen LogP contribution is -2.64. The van der Waals surface area contributed by atoms with E-state index in [9.17, 15) is 35.7 Å². The maximum Gasteiger partial charge on any atom is 0.187 e. The first kappa shape index (κ1) is 10.6. The summed E-state index contributed by atoms with van der Waals surface area (Å²) in [5, 5.41) is 71.3. The van der Waals surface area contributed by atoms with Crippen molar-refractivity contribution in [2.24, 2.45) is 0 Å². The Kier molecular flexibility index (Phi) is 4.98. The van der Waals surface area contributed by atoms with E-state index in [1.165, 1.54) is 0 Å². The van der Waals surface area contributed by atoms with Crippen molar-refractivity contribution >= 4 is 0 Å². The summed E-state index contributed by atoms with van der Waals surface area (Å²) in [5.74, 6) is 0. The molecule has 2 heterocycles. The normalized spacial score (nSPS) is 53.5. The van der Waals surface area contributed by atoms with Crippen molar-refractivity contribution in [3.05, 3.63) is 0 Å². The molecule has 11 heteroatoms. The lowest BCUT2D eigenvalue weighted by molar-refractivity contribution is -0.359. The van der Waals surface area contributed by atoms with E-state index in [1.807, 2.05) is 0 Å². The van der Waals surface area contributed by atoms with Crippen LogP contribution in [0.25, 0.3) is 0 Å². The molecule has 2 fully saturated rings. The van der Waals surface area contributed by atoms with E-state index in [-0.39, 0.29) is 0 Å². The Labute approximate surface area is 242 Å². The molecule has 2 aliphatic rings. The van der Waals surface area contributed by atoms with Crippen molar-refractivity contribution in [3.63, 3.8) is 0 Å². The molecule has 10 atom stereocenters. The van der Waals surface area contributed by atoms with Crippen LogP contribution in [-0.4, -0.2) is 117 Å². The van der Waals surface area contributed by atoms with Gasteiger partial charge in [-0.05, 0) is 6.37 Å². The SMILES string of the molecule is [2H]C([2H])([2H])C([2H])([2H])C([2H])([2H])C([2H])([2H])C([2H])([2H])C([2H])([2H])C([2H])([2H])C([2H])([2H])C([2H])([2H])C([2H])([2H])C([2H])([2H])C([2H])([2H])O[C@@H]1O[C@H](CO)[C@@H](O[C@H]2O[C@H](CO)[C@@H](O)[C@H](O)[C@H]2O)[C@H](O)[C@H]1O. The Morgan fingerprint density at radius 2 is 1.20 bits per heavy atom. The molecular formula is C24H46O11. The number of rotatable bonds is 16. The summed E-state index contributed by atoms with van der Waals surface area (Å²) in [4.78, 5) is 0. The molecule has 2 saturated heterocycles. The number of ether oxygens (including phenoxy) is 4. The van der Waals surface area contributed by atoms with Crippen LogP contribution in [0, 0.1) is 0 Å². The van der Waals surface area contributed by atoms with E-state index < -0.39 is 152 Å². The van der Waals surface area contributed by atoms with E-state index in [4.69, 9.17) is 53.2 Å². The maximum atomic E-state index is 10.8. The predicted octanol–water partition coefficient (Wildman–Crippen LogP) is -0.452. The third kappa shape index (κ3) is 9.11. The van der Waals surface area contributed by atoms with Gasteiger partial charge in [-0.2, -0.15) is 0 Å². The van der Waals surface area contributed by atoms with Crippen LogP contribution in [0.15, 0.2) is 0 Å².